The van der Waals surface area contributed by atoms with Crippen LogP contribution < -0.4 is 10.2 Å². The minimum atomic E-state index is -3.87. The summed E-state index contributed by atoms with van der Waals surface area (Å²) in [6.45, 7) is 3.43. The fraction of sp³-hybridized carbons (Fsp3) is 0.500. The second-order valence-electron chi connectivity index (χ2n) is 4.04. The van der Waals surface area contributed by atoms with Crippen molar-refractivity contribution in [3.05, 3.63) is 28.7 Å². The van der Waals surface area contributed by atoms with E-state index in [4.69, 9.17) is 0 Å². The number of aliphatic hydroxyl groups is 1. The van der Waals surface area contributed by atoms with Gasteiger partial charge < -0.3 is 10.1 Å². The van der Waals surface area contributed by atoms with Crippen LogP contribution in [-0.2, 0) is 10.0 Å². The lowest BCUT2D eigenvalue weighted by molar-refractivity contribution is 0.129. The maximum atomic E-state index is 11.7. The first-order valence-electron chi connectivity index (χ1n) is 5.19. The molecule has 0 amide bonds. The van der Waals surface area contributed by atoms with Crippen LogP contribution in [0.5, 0.6) is 0 Å². The summed E-state index contributed by atoms with van der Waals surface area (Å²) in [5, 5.41) is 9.49. The van der Waals surface area contributed by atoms with Crippen LogP contribution in [0.3, 0.4) is 0 Å². The third-order valence-corrected chi connectivity index (χ3v) is 3.77. The molecule has 17 heavy (non-hydrogen) atoms. The summed E-state index contributed by atoms with van der Waals surface area (Å²) in [7, 11) is -3.87. The molecule has 1 unspecified atom stereocenters. The van der Waals surface area contributed by atoms with Crippen molar-refractivity contribution in [1.82, 2.24) is 9.71 Å². The lowest BCUT2D eigenvalue weighted by Crippen LogP contribution is -2.36. The van der Waals surface area contributed by atoms with Crippen LogP contribution in [0, 0.1) is 5.92 Å². The quantitative estimate of drug-likeness (QED) is 0.675. The van der Waals surface area contributed by atoms with Crippen LogP contribution in [0.25, 0.3) is 0 Å². The van der Waals surface area contributed by atoms with Gasteiger partial charge in [-0.1, -0.05) is 13.8 Å². The Balaban J connectivity index is 2.84. The zero-order chi connectivity index (χ0) is 13.1. The molecule has 0 aliphatic carbocycles. The summed E-state index contributed by atoms with van der Waals surface area (Å²) in [5.41, 5.74) is -0.588. The maximum Gasteiger partial charge on any atom is 0.246 e. The normalized spacial score (nSPS) is 13.9. The minimum absolute atomic E-state index is 0.0632. The molecule has 0 aromatic carbocycles. The van der Waals surface area contributed by atoms with Gasteiger partial charge in [-0.3, -0.25) is 4.79 Å². The maximum absolute atomic E-state index is 11.7. The van der Waals surface area contributed by atoms with Gasteiger partial charge in [-0.2, -0.15) is 0 Å². The number of hydrogen-bond acceptors (Lipinski definition) is 4. The number of H-pyrrole nitrogens is 1. The molecule has 0 bridgehead atoms. The van der Waals surface area contributed by atoms with Gasteiger partial charge in [-0.15, -0.1) is 0 Å². The molecule has 0 fully saturated rings. The summed E-state index contributed by atoms with van der Waals surface area (Å²) in [4.78, 5) is 13.5. The van der Waals surface area contributed by atoms with E-state index < -0.39 is 21.6 Å². The fourth-order valence-corrected chi connectivity index (χ4v) is 2.22. The number of pyridine rings is 1. The van der Waals surface area contributed by atoms with Gasteiger partial charge in [-0.25, -0.2) is 13.1 Å². The second kappa shape index (κ2) is 5.44. The predicted molar refractivity (Wildman–Crippen MR) is 63.1 cm³/mol. The van der Waals surface area contributed by atoms with Crippen LogP contribution in [0.4, 0.5) is 0 Å². The fourth-order valence-electron chi connectivity index (χ4n) is 1.12. The zero-order valence-electron chi connectivity index (χ0n) is 9.67. The van der Waals surface area contributed by atoms with E-state index in [1.807, 2.05) is 0 Å². The van der Waals surface area contributed by atoms with Gasteiger partial charge in [0.2, 0.25) is 15.5 Å². The molecule has 0 aliphatic rings. The van der Waals surface area contributed by atoms with Crippen LogP contribution in [0.2, 0.25) is 0 Å². The molecule has 6 nitrogen and oxygen atoms in total. The molecule has 1 atom stereocenters. The first kappa shape index (κ1) is 13.9. The first-order valence-corrected chi connectivity index (χ1v) is 6.67. The molecule has 1 rings (SSSR count). The molecular formula is C10H16N2O4S. The van der Waals surface area contributed by atoms with Crippen molar-refractivity contribution in [2.24, 2.45) is 5.92 Å². The summed E-state index contributed by atoms with van der Waals surface area (Å²) in [6.07, 6.45) is 1.68. The predicted octanol–water partition coefficient (Wildman–Crippen LogP) is -0.330. The smallest absolute Gasteiger partial charge is 0.246 e. The molecule has 0 saturated carbocycles. The Labute approximate surface area is 99.7 Å². The number of sulfonamides is 1. The van der Waals surface area contributed by atoms with Crippen molar-refractivity contribution in [2.75, 3.05) is 6.54 Å². The second-order valence-corrected chi connectivity index (χ2v) is 5.77. The van der Waals surface area contributed by atoms with Gasteiger partial charge in [0.25, 0.3) is 0 Å². The summed E-state index contributed by atoms with van der Waals surface area (Å²) >= 11 is 0. The molecule has 1 heterocycles. The Hall–Kier alpha value is -1.18. The first-order chi connectivity index (χ1) is 7.84. The van der Waals surface area contributed by atoms with Crippen LogP contribution in [0.15, 0.2) is 28.2 Å². The highest BCUT2D eigenvalue weighted by atomic mass is 32.2. The zero-order valence-corrected chi connectivity index (χ0v) is 10.5. The van der Waals surface area contributed by atoms with Gasteiger partial charge in [-0.05, 0) is 5.92 Å². The Morgan fingerprint density at radius 2 is 2.12 bits per heavy atom. The minimum Gasteiger partial charge on any atom is -0.391 e. The van der Waals surface area contributed by atoms with Gasteiger partial charge >= 0.3 is 0 Å². The van der Waals surface area contributed by atoms with E-state index in [0.29, 0.717) is 0 Å². The van der Waals surface area contributed by atoms with Crippen LogP contribution >= 0.6 is 0 Å². The average molecular weight is 260 g/mol. The SMILES string of the molecule is CC(C)C(O)CNS(=O)(=O)c1c[nH]ccc1=O. The number of aromatic amines is 1. The monoisotopic (exact) mass is 260 g/mol. The molecule has 0 saturated heterocycles. The van der Waals surface area contributed by atoms with E-state index >= 15 is 0 Å². The topological polar surface area (TPSA) is 99.3 Å². The number of nitrogens with one attached hydrogen (secondary N) is 2. The average Bonchev–Trinajstić information content (AvgIpc) is 2.26. The highest BCUT2D eigenvalue weighted by molar-refractivity contribution is 7.89. The molecular weight excluding hydrogens is 244 g/mol. The van der Waals surface area contributed by atoms with Crippen molar-refractivity contribution >= 4 is 10.0 Å². The van der Waals surface area contributed by atoms with Gasteiger partial charge in [0.1, 0.15) is 4.90 Å². The van der Waals surface area contributed by atoms with E-state index in [0.717, 1.165) is 12.3 Å². The van der Waals surface area contributed by atoms with Crippen molar-refractivity contribution in [1.29, 1.82) is 0 Å². The summed E-state index contributed by atoms with van der Waals surface area (Å²) in [6, 6.07) is 1.13. The van der Waals surface area contributed by atoms with E-state index in [1.165, 1.54) is 6.20 Å². The van der Waals surface area contributed by atoms with Crippen molar-refractivity contribution < 1.29 is 13.5 Å². The van der Waals surface area contributed by atoms with Crippen LogP contribution in [-0.4, -0.2) is 31.2 Å². The molecule has 1 aromatic rings. The van der Waals surface area contributed by atoms with Gasteiger partial charge in [0.05, 0.1) is 6.10 Å². The van der Waals surface area contributed by atoms with E-state index in [9.17, 15) is 18.3 Å². The Bertz CT molecular complexity index is 521. The van der Waals surface area contributed by atoms with Crippen molar-refractivity contribution in [3.8, 4) is 0 Å². The lowest BCUT2D eigenvalue weighted by atomic mass is 10.1. The largest absolute Gasteiger partial charge is 0.391 e. The number of hydrogen-bond donors (Lipinski definition) is 3. The number of aromatic nitrogens is 1. The Morgan fingerprint density at radius 1 is 1.47 bits per heavy atom. The summed E-state index contributed by atoms with van der Waals surface area (Å²) < 4.78 is 25.7. The number of rotatable bonds is 5. The highest BCUT2D eigenvalue weighted by Crippen LogP contribution is 2.03. The lowest BCUT2D eigenvalue weighted by Gasteiger charge is -2.14. The Morgan fingerprint density at radius 3 is 2.65 bits per heavy atom. The third-order valence-electron chi connectivity index (χ3n) is 2.33. The van der Waals surface area contributed by atoms with E-state index in [-0.39, 0.29) is 17.4 Å². The third kappa shape index (κ3) is 3.65. The van der Waals surface area contributed by atoms with Gasteiger partial charge in [0, 0.05) is 25.0 Å². The molecule has 96 valence electrons. The van der Waals surface area contributed by atoms with E-state index in [1.54, 1.807) is 13.8 Å². The van der Waals surface area contributed by atoms with Gasteiger partial charge in [0.15, 0.2) is 0 Å². The highest BCUT2D eigenvalue weighted by Gasteiger charge is 2.19. The molecule has 3 N–H and O–H groups in total. The number of aliphatic hydroxyl groups excluding tert-OH is 1. The van der Waals surface area contributed by atoms with E-state index in [2.05, 4.69) is 9.71 Å². The van der Waals surface area contributed by atoms with Crippen molar-refractivity contribution in [2.45, 2.75) is 24.8 Å². The molecule has 0 spiro atoms. The molecule has 1 aromatic heterocycles. The van der Waals surface area contributed by atoms with Crippen molar-refractivity contribution in [3.63, 3.8) is 0 Å². The Kier molecular flexibility index (Phi) is 4.44. The summed E-state index contributed by atoms with van der Waals surface area (Å²) in [5.74, 6) is -0.0632. The molecule has 0 radical (unpaired) electrons. The molecule has 0 aliphatic heterocycles. The standard InChI is InChI=1S/C10H16N2O4S/c1-7(2)9(14)5-12-17(15,16)10-6-11-4-3-8(10)13/h3-4,6-7,9,12,14H,5H2,1-2H3,(H,11,13). The van der Waals surface area contributed by atoms with Crippen LogP contribution in [0.1, 0.15) is 13.8 Å². The molecule has 7 heteroatoms.